The van der Waals surface area contributed by atoms with E-state index < -0.39 is 23.4 Å². The van der Waals surface area contributed by atoms with Crippen LogP contribution in [-0.2, 0) is 20.9 Å². The average Bonchev–Trinajstić information content (AvgIpc) is 2.87. The van der Waals surface area contributed by atoms with Gasteiger partial charge in [-0.05, 0) is 32.0 Å². The molecular formula is C16H17ClN4O6. The summed E-state index contributed by atoms with van der Waals surface area (Å²) < 4.78 is 11.1. The zero-order chi connectivity index (χ0) is 20.1. The maximum Gasteiger partial charge on any atom is 0.328 e. The van der Waals surface area contributed by atoms with Gasteiger partial charge in [0, 0.05) is 5.69 Å². The van der Waals surface area contributed by atoms with E-state index in [4.69, 9.17) is 21.1 Å². The van der Waals surface area contributed by atoms with Crippen LogP contribution < -0.4 is 10.1 Å². The first-order valence-electron chi connectivity index (χ1n) is 7.70. The van der Waals surface area contributed by atoms with Gasteiger partial charge in [-0.25, -0.2) is 0 Å². The number of nitro groups is 1. The molecule has 0 aliphatic heterocycles. The normalized spacial score (nSPS) is 10.4. The molecule has 144 valence electrons. The van der Waals surface area contributed by atoms with Crippen LogP contribution in [0.2, 0.25) is 5.02 Å². The van der Waals surface area contributed by atoms with E-state index in [-0.39, 0.29) is 23.6 Å². The summed E-state index contributed by atoms with van der Waals surface area (Å²) in [4.78, 5) is 34.2. The molecule has 0 spiro atoms. The number of aryl methyl sites for hydroxylation is 1. The Bertz CT molecular complexity index is 895. The summed E-state index contributed by atoms with van der Waals surface area (Å²) in [6.45, 7) is 2.08. The lowest BCUT2D eigenvalue weighted by molar-refractivity contribution is -0.386. The number of halogens is 1. The molecule has 2 aromatic rings. The van der Waals surface area contributed by atoms with Crippen molar-refractivity contribution in [3.63, 3.8) is 0 Å². The molecule has 0 atom stereocenters. The molecule has 0 fully saturated rings. The second-order valence-electron chi connectivity index (χ2n) is 5.49. The van der Waals surface area contributed by atoms with Gasteiger partial charge < -0.3 is 14.8 Å². The van der Waals surface area contributed by atoms with E-state index in [1.165, 1.54) is 27.0 Å². The maximum atomic E-state index is 11.9. The molecule has 0 aliphatic carbocycles. The third kappa shape index (κ3) is 4.94. The third-order valence-corrected chi connectivity index (χ3v) is 3.90. The summed E-state index contributed by atoms with van der Waals surface area (Å²) in [6, 6.07) is 4.66. The molecule has 0 saturated carbocycles. The summed E-state index contributed by atoms with van der Waals surface area (Å²) in [5.74, 6) is -0.859. The minimum Gasteiger partial charge on any atom is -0.495 e. The first-order chi connectivity index (χ1) is 12.7. The minimum atomic E-state index is -0.751. The number of hydrogen-bond acceptors (Lipinski definition) is 7. The van der Waals surface area contributed by atoms with Gasteiger partial charge in [0.25, 0.3) is 5.91 Å². The quantitative estimate of drug-likeness (QED) is 0.432. The smallest absolute Gasteiger partial charge is 0.328 e. The Hall–Kier alpha value is -3.14. The second kappa shape index (κ2) is 8.49. The molecule has 0 aliphatic rings. The van der Waals surface area contributed by atoms with Crippen molar-refractivity contribution in [2.45, 2.75) is 20.4 Å². The number of anilines is 1. The number of rotatable bonds is 7. The van der Waals surface area contributed by atoms with Gasteiger partial charge in [0.2, 0.25) is 0 Å². The largest absolute Gasteiger partial charge is 0.495 e. The molecule has 0 unspecified atom stereocenters. The molecule has 0 saturated heterocycles. The number of aromatic nitrogens is 2. The van der Waals surface area contributed by atoms with Crippen LogP contribution in [0.1, 0.15) is 11.4 Å². The molecule has 0 radical (unpaired) electrons. The van der Waals surface area contributed by atoms with Crippen molar-refractivity contribution < 1.29 is 24.0 Å². The van der Waals surface area contributed by atoms with Gasteiger partial charge in [-0.1, -0.05) is 11.6 Å². The van der Waals surface area contributed by atoms with Crippen LogP contribution in [0.5, 0.6) is 5.75 Å². The summed E-state index contributed by atoms with van der Waals surface area (Å²) in [6.07, 6.45) is 0. The molecule has 1 amide bonds. The molecule has 1 heterocycles. The number of methoxy groups -OCH3 is 1. The fourth-order valence-corrected chi connectivity index (χ4v) is 2.62. The number of esters is 1. The van der Waals surface area contributed by atoms with Crippen LogP contribution in [-0.4, -0.2) is 40.3 Å². The van der Waals surface area contributed by atoms with E-state index in [1.807, 2.05) is 0 Å². The van der Waals surface area contributed by atoms with Gasteiger partial charge in [0.15, 0.2) is 6.61 Å². The monoisotopic (exact) mass is 396 g/mol. The number of nitrogens with zero attached hydrogens (tertiary/aromatic N) is 3. The van der Waals surface area contributed by atoms with E-state index in [0.29, 0.717) is 16.5 Å². The Morgan fingerprint density at radius 3 is 2.63 bits per heavy atom. The molecule has 27 heavy (non-hydrogen) atoms. The van der Waals surface area contributed by atoms with E-state index in [1.54, 1.807) is 12.1 Å². The van der Waals surface area contributed by atoms with Crippen LogP contribution in [0, 0.1) is 24.0 Å². The predicted molar refractivity (Wildman–Crippen MR) is 95.9 cm³/mol. The van der Waals surface area contributed by atoms with E-state index >= 15 is 0 Å². The SMILES string of the molecule is COc1ccc(NC(=O)COC(=O)Cn2nc(C)c([N+](=O)[O-])c2C)cc1Cl. The van der Waals surface area contributed by atoms with E-state index in [0.717, 1.165) is 4.68 Å². The van der Waals surface area contributed by atoms with Crippen molar-refractivity contribution in [3.05, 3.63) is 44.7 Å². The van der Waals surface area contributed by atoms with Crippen LogP contribution in [0.25, 0.3) is 0 Å². The highest BCUT2D eigenvalue weighted by molar-refractivity contribution is 6.32. The number of benzene rings is 1. The van der Waals surface area contributed by atoms with Gasteiger partial charge >= 0.3 is 11.7 Å². The topological polar surface area (TPSA) is 126 Å². The fraction of sp³-hybridized carbons (Fsp3) is 0.312. The van der Waals surface area contributed by atoms with Crippen LogP contribution in [0.4, 0.5) is 11.4 Å². The zero-order valence-electron chi connectivity index (χ0n) is 14.8. The molecule has 1 aromatic heterocycles. The molecule has 1 N–H and O–H groups in total. The Labute approximate surface area is 159 Å². The summed E-state index contributed by atoms with van der Waals surface area (Å²) in [5.41, 5.74) is 0.680. The molecule has 11 heteroatoms. The lowest BCUT2D eigenvalue weighted by atomic mass is 10.3. The average molecular weight is 397 g/mol. The molecule has 2 rings (SSSR count). The standard InChI is InChI=1S/C16H17ClN4O6/c1-9-16(21(24)25)10(2)20(19-9)7-15(23)27-8-14(22)18-11-4-5-13(26-3)12(17)6-11/h4-6H,7-8H2,1-3H3,(H,18,22). The van der Waals surface area contributed by atoms with E-state index in [2.05, 4.69) is 10.4 Å². The first-order valence-corrected chi connectivity index (χ1v) is 8.08. The predicted octanol–water partition coefficient (Wildman–Crippen LogP) is 2.25. The van der Waals surface area contributed by atoms with Gasteiger partial charge in [0.05, 0.1) is 17.1 Å². The number of carbonyl (C=O) groups excluding carboxylic acids is 2. The highest BCUT2D eigenvalue weighted by Crippen LogP contribution is 2.27. The number of amides is 1. The zero-order valence-corrected chi connectivity index (χ0v) is 15.6. The van der Waals surface area contributed by atoms with Gasteiger partial charge in [-0.3, -0.25) is 24.4 Å². The number of nitrogens with one attached hydrogen (secondary N) is 1. The number of ether oxygens (including phenoxy) is 2. The highest BCUT2D eigenvalue weighted by atomic mass is 35.5. The molecular weight excluding hydrogens is 380 g/mol. The summed E-state index contributed by atoms with van der Waals surface area (Å²) >= 11 is 5.96. The van der Waals surface area contributed by atoms with Crippen LogP contribution in [0.15, 0.2) is 18.2 Å². The number of carbonyl (C=O) groups is 2. The Balaban J connectivity index is 1.90. The van der Waals surface area contributed by atoms with Crippen molar-refractivity contribution >= 4 is 34.9 Å². The lowest BCUT2D eigenvalue weighted by Gasteiger charge is -2.09. The number of hydrogen-bond donors (Lipinski definition) is 1. The van der Waals surface area contributed by atoms with Gasteiger partial charge in [-0.2, -0.15) is 5.10 Å². The molecule has 0 bridgehead atoms. The third-order valence-electron chi connectivity index (χ3n) is 3.60. The van der Waals surface area contributed by atoms with Crippen molar-refractivity contribution in [2.24, 2.45) is 0 Å². The Morgan fingerprint density at radius 2 is 2.07 bits per heavy atom. The van der Waals surface area contributed by atoms with Gasteiger partial charge in [-0.15, -0.1) is 0 Å². The first kappa shape index (κ1) is 20.2. The summed E-state index contributed by atoms with van der Waals surface area (Å²) in [7, 11) is 1.47. The van der Waals surface area contributed by atoms with Crippen molar-refractivity contribution in [3.8, 4) is 5.75 Å². The van der Waals surface area contributed by atoms with Crippen molar-refractivity contribution in [1.82, 2.24) is 9.78 Å². The summed E-state index contributed by atoms with van der Waals surface area (Å²) in [5, 5.41) is 17.7. The van der Waals surface area contributed by atoms with Crippen LogP contribution >= 0.6 is 11.6 Å². The fourth-order valence-electron chi connectivity index (χ4n) is 2.36. The minimum absolute atomic E-state index is 0.156. The Morgan fingerprint density at radius 1 is 1.37 bits per heavy atom. The maximum absolute atomic E-state index is 11.9. The second-order valence-corrected chi connectivity index (χ2v) is 5.90. The van der Waals surface area contributed by atoms with Crippen molar-refractivity contribution in [1.29, 1.82) is 0 Å². The highest BCUT2D eigenvalue weighted by Gasteiger charge is 2.23. The lowest BCUT2D eigenvalue weighted by Crippen LogP contribution is -2.23. The van der Waals surface area contributed by atoms with Crippen LogP contribution in [0.3, 0.4) is 0 Å². The Kier molecular flexibility index (Phi) is 6.35. The van der Waals surface area contributed by atoms with Gasteiger partial charge in [0.1, 0.15) is 23.7 Å². The van der Waals surface area contributed by atoms with Crippen molar-refractivity contribution in [2.75, 3.05) is 19.0 Å². The molecule has 1 aromatic carbocycles. The van der Waals surface area contributed by atoms with E-state index in [9.17, 15) is 19.7 Å². The molecule has 10 nitrogen and oxygen atoms in total.